The molecule has 150 valence electrons. The van der Waals surface area contributed by atoms with Crippen LogP contribution in [-0.2, 0) is 17.3 Å². The number of rotatable bonds is 5. The van der Waals surface area contributed by atoms with E-state index in [2.05, 4.69) is 9.71 Å². The number of ether oxygens (including phenoxy) is 2. The average Bonchev–Trinajstić information content (AvgIpc) is 3.03. The summed E-state index contributed by atoms with van der Waals surface area (Å²) in [6.07, 6.45) is 1.71. The van der Waals surface area contributed by atoms with Crippen molar-refractivity contribution in [3.05, 3.63) is 42.6 Å². The van der Waals surface area contributed by atoms with Crippen LogP contribution in [0.1, 0.15) is 0 Å². The number of pyridine rings is 1. The number of fused-ring (bicyclic) bond motifs is 3. The average molecular weight is 413 g/mol. The van der Waals surface area contributed by atoms with Gasteiger partial charge in [0, 0.05) is 29.8 Å². The maximum absolute atomic E-state index is 11.2. The van der Waals surface area contributed by atoms with Crippen LogP contribution in [0.25, 0.3) is 33.3 Å². The van der Waals surface area contributed by atoms with Crippen LogP contribution in [0.2, 0.25) is 0 Å². The lowest BCUT2D eigenvalue weighted by Gasteiger charge is -2.10. The molecule has 0 aliphatic carbocycles. The van der Waals surface area contributed by atoms with Crippen molar-refractivity contribution in [3.8, 4) is 22.9 Å². The molecule has 29 heavy (non-hydrogen) atoms. The van der Waals surface area contributed by atoms with Crippen LogP contribution in [0, 0.1) is 0 Å². The Kier molecular flexibility index (Phi) is 4.52. The highest BCUT2D eigenvalue weighted by atomic mass is 32.2. The summed E-state index contributed by atoms with van der Waals surface area (Å²) in [6.45, 7) is 0. The molecular formula is C19H19N5O4S. The van der Waals surface area contributed by atoms with Crippen molar-refractivity contribution in [1.82, 2.24) is 14.5 Å². The zero-order valence-electron chi connectivity index (χ0n) is 16.0. The Morgan fingerprint density at radius 2 is 1.69 bits per heavy atom. The van der Waals surface area contributed by atoms with Gasteiger partial charge in [-0.1, -0.05) is 0 Å². The second kappa shape index (κ2) is 6.90. The third kappa shape index (κ3) is 3.43. The van der Waals surface area contributed by atoms with E-state index in [9.17, 15) is 8.42 Å². The lowest BCUT2D eigenvalue weighted by molar-refractivity contribution is 0.356. The minimum atomic E-state index is -3.82. The third-order valence-electron chi connectivity index (χ3n) is 4.61. The number of benzene rings is 2. The van der Waals surface area contributed by atoms with Gasteiger partial charge in [-0.3, -0.25) is 9.71 Å². The first-order valence-electron chi connectivity index (χ1n) is 8.59. The smallest absolute Gasteiger partial charge is 0.296 e. The number of anilines is 1. The molecule has 0 saturated carbocycles. The largest absolute Gasteiger partial charge is 0.493 e. The van der Waals surface area contributed by atoms with Crippen molar-refractivity contribution in [2.75, 3.05) is 18.9 Å². The van der Waals surface area contributed by atoms with E-state index in [1.54, 1.807) is 44.7 Å². The number of nitrogens with two attached hydrogens (primary N) is 1. The van der Waals surface area contributed by atoms with Crippen molar-refractivity contribution in [3.63, 3.8) is 0 Å². The van der Waals surface area contributed by atoms with E-state index >= 15 is 0 Å². The fraction of sp³-hybridized carbons (Fsp3) is 0.158. The number of aromatic nitrogens is 3. The highest BCUT2D eigenvalue weighted by molar-refractivity contribution is 7.90. The molecule has 10 heteroatoms. The Hall–Kier alpha value is -3.37. The summed E-state index contributed by atoms with van der Waals surface area (Å²) < 4.78 is 37.3. The van der Waals surface area contributed by atoms with Gasteiger partial charge in [-0.2, -0.15) is 8.42 Å². The summed E-state index contributed by atoms with van der Waals surface area (Å²) in [6, 6.07) is 10.5. The standard InChI is InChI=1S/C19H19N5O4S/c1-24-18-13-8-16(27-2)17(28-3)9-14(13)21-10-15(18)22-19(24)11-4-6-12(7-5-11)23-29(20,25)26/h4-10,23H,1-3H3,(H2,20,25,26). The number of nitrogens with zero attached hydrogens (tertiary/aromatic N) is 3. The Labute approximate surface area is 167 Å². The first kappa shape index (κ1) is 19.0. The van der Waals surface area contributed by atoms with Crippen molar-refractivity contribution in [1.29, 1.82) is 0 Å². The number of aryl methyl sites for hydroxylation is 1. The molecule has 0 radical (unpaired) electrons. The van der Waals surface area contributed by atoms with Crippen molar-refractivity contribution < 1.29 is 17.9 Å². The van der Waals surface area contributed by atoms with Gasteiger partial charge in [0.2, 0.25) is 0 Å². The monoisotopic (exact) mass is 413 g/mol. The van der Waals surface area contributed by atoms with E-state index < -0.39 is 10.2 Å². The summed E-state index contributed by atoms with van der Waals surface area (Å²) in [5.41, 5.74) is 3.58. The number of hydrogen-bond acceptors (Lipinski definition) is 6. The zero-order chi connectivity index (χ0) is 20.8. The van der Waals surface area contributed by atoms with E-state index in [1.807, 2.05) is 23.7 Å². The number of methoxy groups -OCH3 is 2. The van der Waals surface area contributed by atoms with Gasteiger partial charge in [-0.05, 0) is 30.3 Å². The first-order chi connectivity index (χ1) is 13.8. The predicted octanol–water partition coefficient (Wildman–Crippen LogP) is 2.42. The summed E-state index contributed by atoms with van der Waals surface area (Å²) in [5, 5.41) is 5.89. The Morgan fingerprint density at radius 1 is 1.03 bits per heavy atom. The minimum Gasteiger partial charge on any atom is -0.493 e. The molecule has 0 aliphatic heterocycles. The van der Waals surface area contributed by atoms with Crippen molar-refractivity contribution in [2.45, 2.75) is 0 Å². The maximum Gasteiger partial charge on any atom is 0.296 e. The number of imidazole rings is 1. The lowest BCUT2D eigenvalue weighted by Crippen LogP contribution is -2.21. The van der Waals surface area contributed by atoms with Crippen LogP contribution in [0.15, 0.2) is 42.6 Å². The Bertz CT molecular complexity index is 1330. The minimum absolute atomic E-state index is 0.374. The molecular weight excluding hydrogens is 394 g/mol. The van der Waals surface area contributed by atoms with Gasteiger partial charge in [-0.15, -0.1) is 0 Å². The van der Waals surface area contributed by atoms with Gasteiger partial charge in [0.1, 0.15) is 11.3 Å². The Morgan fingerprint density at radius 3 is 2.31 bits per heavy atom. The number of nitrogens with one attached hydrogen (secondary N) is 1. The first-order valence-corrected chi connectivity index (χ1v) is 10.1. The van der Waals surface area contributed by atoms with E-state index in [4.69, 9.17) is 19.6 Å². The second-order valence-corrected chi connectivity index (χ2v) is 7.73. The Balaban J connectivity index is 1.86. The van der Waals surface area contributed by atoms with Crippen LogP contribution < -0.4 is 19.3 Å². The normalized spacial score (nSPS) is 11.7. The molecule has 2 aromatic heterocycles. The molecule has 2 aromatic carbocycles. The van der Waals surface area contributed by atoms with Gasteiger partial charge in [0.05, 0.1) is 31.4 Å². The van der Waals surface area contributed by atoms with E-state index in [-0.39, 0.29) is 0 Å². The highest BCUT2D eigenvalue weighted by Crippen LogP contribution is 2.35. The van der Waals surface area contributed by atoms with Crippen LogP contribution in [0.3, 0.4) is 0 Å². The third-order valence-corrected chi connectivity index (χ3v) is 5.13. The molecule has 2 heterocycles. The van der Waals surface area contributed by atoms with Gasteiger partial charge >= 0.3 is 0 Å². The van der Waals surface area contributed by atoms with E-state index in [1.165, 1.54) is 0 Å². The van der Waals surface area contributed by atoms with Crippen molar-refractivity contribution in [2.24, 2.45) is 12.2 Å². The van der Waals surface area contributed by atoms with Gasteiger partial charge in [0.25, 0.3) is 10.2 Å². The van der Waals surface area contributed by atoms with E-state index in [0.29, 0.717) is 23.0 Å². The summed E-state index contributed by atoms with van der Waals surface area (Å²) in [4.78, 5) is 9.19. The zero-order valence-corrected chi connectivity index (χ0v) is 16.8. The van der Waals surface area contributed by atoms with Crippen molar-refractivity contribution >= 4 is 37.8 Å². The maximum atomic E-state index is 11.2. The van der Waals surface area contributed by atoms with Gasteiger partial charge in [0.15, 0.2) is 11.5 Å². The van der Waals surface area contributed by atoms with E-state index in [0.717, 1.165) is 27.5 Å². The quantitative estimate of drug-likeness (QED) is 0.518. The number of hydrogen-bond donors (Lipinski definition) is 2. The predicted molar refractivity (Wildman–Crippen MR) is 111 cm³/mol. The molecule has 0 aliphatic rings. The molecule has 0 unspecified atom stereocenters. The molecule has 0 saturated heterocycles. The van der Waals surface area contributed by atoms with Crippen LogP contribution in [0.4, 0.5) is 5.69 Å². The second-order valence-electron chi connectivity index (χ2n) is 6.44. The molecule has 4 rings (SSSR count). The summed E-state index contributed by atoms with van der Waals surface area (Å²) in [7, 11) is 1.26. The summed E-state index contributed by atoms with van der Waals surface area (Å²) >= 11 is 0. The molecule has 0 atom stereocenters. The molecule has 3 N–H and O–H groups in total. The fourth-order valence-corrected chi connectivity index (χ4v) is 3.80. The topological polar surface area (TPSA) is 121 Å². The SMILES string of the molecule is COc1cc2ncc3nc(-c4ccc(NS(N)(=O)=O)cc4)n(C)c3c2cc1OC. The molecule has 0 fully saturated rings. The van der Waals surface area contributed by atoms with Gasteiger partial charge in [-0.25, -0.2) is 10.1 Å². The van der Waals surface area contributed by atoms with Crippen LogP contribution >= 0.6 is 0 Å². The summed E-state index contributed by atoms with van der Waals surface area (Å²) in [5.74, 6) is 1.92. The molecule has 0 spiro atoms. The van der Waals surface area contributed by atoms with Crippen LogP contribution in [0.5, 0.6) is 11.5 Å². The molecule has 9 nitrogen and oxygen atoms in total. The van der Waals surface area contributed by atoms with Gasteiger partial charge < -0.3 is 14.0 Å². The molecule has 4 aromatic rings. The lowest BCUT2D eigenvalue weighted by atomic mass is 10.1. The van der Waals surface area contributed by atoms with Crippen LogP contribution in [-0.4, -0.2) is 37.2 Å². The molecule has 0 amide bonds. The fourth-order valence-electron chi connectivity index (χ4n) is 3.33. The highest BCUT2D eigenvalue weighted by Gasteiger charge is 2.16. The molecule has 0 bridgehead atoms.